The van der Waals surface area contributed by atoms with Gasteiger partial charge >= 0.3 is 0 Å². The lowest BCUT2D eigenvalue weighted by Gasteiger charge is -2.22. The summed E-state index contributed by atoms with van der Waals surface area (Å²) in [7, 11) is 3.06. The van der Waals surface area contributed by atoms with Gasteiger partial charge in [0.25, 0.3) is 0 Å². The van der Waals surface area contributed by atoms with Gasteiger partial charge in [0.2, 0.25) is 0 Å². The molecule has 0 heterocycles. The van der Waals surface area contributed by atoms with Crippen LogP contribution in [0.2, 0.25) is 5.02 Å². The summed E-state index contributed by atoms with van der Waals surface area (Å²) in [6, 6.07) is 9.09. The molecule has 2 rings (SSSR count). The van der Waals surface area contributed by atoms with Crippen LogP contribution in [-0.4, -0.2) is 14.2 Å². The van der Waals surface area contributed by atoms with Crippen molar-refractivity contribution in [2.75, 3.05) is 14.2 Å². The van der Waals surface area contributed by atoms with Crippen LogP contribution < -0.4 is 20.7 Å². The van der Waals surface area contributed by atoms with Crippen molar-refractivity contribution in [3.63, 3.8) is 0 Å². The molecule has 3 N–H and O–H groups in total. The Bertz CT molecular complexity index is 615. The first-order chi connectivity index (χ1) is 10.1. The molecular formula is C15H16ClFN2O2. The SMILES string of the molecule is COc1cccc(OC)c1C(NN)c1ccc(Cl)cc1F. The number of hydrogen-bond donors (Lipinski definition) is 2. The van der Waals surface area contributed by atoms with Crippen LogP contribution in [0.15, 0.2) is 36.4 Å². The van der Waals surface area contributed by atoms with Gasteiger partial charge in [-0.05, 0) is 24.3 Å². The van der Waals surface area contributed by atoms with E-state index in [9.17, 15) is 4.39 Å². The molecule has 0 radical (unpaired) electrons. The van der Waals surface area contributed by atoms with Gasteiger partial charge in [-0.15, -0.1) is 0 Å². The van der Waals surface area contributed by atoms with Gasteiger partial charge in [-0.1, -0.05) is 23.7 Å². The molecule has 0 spiro atoms. The average Bonchev–Trinajstić information content (AvgIpc) is 2.49. The molecule has 4 nitrogen and oxygen atoms in total. The number of halogens is 2. The summed E-state index contributed by atoms with van der Waals surface area (Å²) in [6.07, 6.45) is 0. The number of benzene rings is 2. The third kappa shape index (κ3) is 3.10. The maximum atomic E-state index is 14.2. The molecular weight excluding hydrogens is 295 g/mol. The van der Waals surface area contributed by atoms with Crippen LogP contribution in [0.4, 0.5) is 4.39 Å². The van der Waals surface area contributed by atoms with Crippen LogP contribution in [-0.2, 0) is 0 Å². The summed E-state index contributed by atoms with van der Waals surface area (Å²) in [6.45, 7) is 0. The van der Waals surface area contributed by atoms with Crippen LogP contribution in [0.25, 0.3) is 0 Å². The first-order valence-corrected chi connectivity index (χ1v) is 6.62. The molecule has 2 aromatic carbocycles. The molecule has 0 aromatic heterocycles. The van der Waals surface area contributed by atoms with E-state index >= 15 is 0 Å². The average molecular weight is 311 g/mol. The molecule has 1 unspecified atom stereocenters. The number of rotatable bonds is 5. The predicted molar refractivity (Wildman–Crippen MR) is 80.1 cm³/mol. The zero-order valence-electron chi connectivity index (χ0n) is 11.7. The number of methoxy groups -OCH3 is 2. The van der Waals surface area contributed by atoms with Crippen molar-refractivity contribution in [2.24, 2.45) is 5.84 Å². The highest BCUT2D eigenvalue weighted by molar-refractivity contribution is 6.30. The molecule has 0 fully saturated rings. The Hall–Kier alpha value is -1.82. The minimum Gasteiger partial charge on any atom is -0.496 e. The van der Waals surface area contributed by atoms with E-state index in [0.717, 1.165) is 0 Å². The van der Waals surface area contributed by atoms with Crippen molar-refractivity contribution in [3.8, 4) is 11.5 Å². The second-order valence-electron chi connectivity index (χ2n) is 4.34. The molecule has 2 aromatic rings. The molecule has 0 amide bonds. The summed E-state index contributed by atoms with van der Waals surface area (Å²) < 4.78 is 24.8. The number of ether oxygens (including phenoxy) is 2. The number of nitrogens with two attached hydrogens (primary N) is 1. The summed E-state index contributed by atoms with van der Waals surface area (Å²) in [4.78, 5) is 0. The maximum absolute atomic E-state index is 14.2. The van der Waals surface area contributed by atoms with Crippen LogP contribution in [0.1, 0.15) is 17.2 Å². The maximum Gasteiger partial charge on any atom is 0.129 e. The third-order valence-electron chi connectivity index (χ3n) is 3.19. The van der Waals surface area contributed by atoms with E-state index in [4.69, 9.17) is 26.9 Å². The number of hydrogen-bond acceptors (Lipinski definition) is 4. The fourth-order valence-corrected chi connectivity index (χ4v) is 2.39. The second-order valence-corrected chi connectivity index (χ2v) is 4.78. The first kappa shape index (κ1) is 15.6. The van der Waals surface area contributed by atoms with Gasteiger partial charge in [0.05, 0.1) is 25.8 Å². The van der Waals surface area contributed by atoms with Crippen LogP contribution in [0, 0.1) is 5.82 Å². The molecule has 6 heteroatoms. The van der Waals surface area contributed by atoms with E-state index in [1.807, 2.05) is 0 Å². The smallest absolute Gasteiger partial charge is 0.129 e. The van der Waals surface area contributed by atoms with Crippen molar-refractivity contribution in [1.82, 2.24) is 5.43 Å². The molecule has 21 heavy (non-hydrogen) atoms. The fraction of sp³-hybridized carbons (Fsp3) is 0.200. The Kier molecular flexibility index (Phi) is 5.01. The van der Waals surface area contributed by atoms with Gasteiger partial charge in [0, 0.05) is 10.6 Å². The minimum atomic E-state index is -0.631. The Morgan fingerprint density at radius 2 is 1.76 bits per heavy atom. The van der Waals surface area contributed by atoms with Crippen molar-refractivity contribution in [2.45, 2.75) is 6.04 Å². The highest BCUT2D eigenvalue weighted by Gasteiger charge is 2.24. The van der Waals surface area contributed by atoms with E-state index in [1.165, 1.54) is 20.3 Å². The van der Waals surface area contributed by atoms with E-state index < -0.39 is 11.9 Å². The zero-order valence-corrected chi connectivity index (χ0v) is 12.4. The minimum absolute atomic E-state index is 0.319. The fourth-order valence-electron chi connectivity index (χ4n) is 2.23. The molecule has 1 atom stereocenters. The van der Waals surface area contributed by atoms with Crippen molar-refractivity contribution < 1.29 is 13.9 Å². The topological polar surface area (TPSA) is 56.5 Å². The zero-order chi connectivity index (χ0) is 15.4. The van der Waals surface area contributed by atoms with Crippen molar-refractivity contribution >= 4 is 11.6 Å². The highest BCUT2D eigenvalue weighted by atomic mass is 35.5. The normalized spacial score (nSPS) is 12.0. The van der Waals surface area contributed by atoms with Gasteiger partial charge in [-0.2, -0.15) is 0 Å². The largest absolute Gasteiger partial charge is 0.496 e. The van der Waals surface area contributed by atoms with Crippen LogP contribution in [0.3, 0.4) is 0 Å². The monoisotopic (exact) mass is 310 g/mol. The Balaban J connectivity index is 2.61. The molecule has 0 bridgehead atoms. The van der Waals surface area contributed by atoms with Gasteiger partial charge in [0.1, 0.15) is 17.3 Å². The lowest BCUT2D eigenvalue weighted by atomic mass is 9.97. The van der Waals surface area contributed by atoms with E-state index in [2.05, 4.69) is 5.43 Å². The third-order valence-corrected chi connectivity index (χ3v) is 3.43. The standard InChI is InChI=1S/C15H16ClFN2O2/c1-20-12-4-3-5-13(21-2)14(12)15(19-18)10-7-6-9(16)8-11(10)17/h3-8,15,19H,18H2,1-2H3. The summed E-state index contributed by atoms with van der Waals surface area (Å²) in [5, 5.41) is 0.319. The predicted octanol–water partition coefficient (Wildman–Crippen LogP) is 3.05. The molecule has 0 saturated heterocycles. The van der Waals surface area contributed by atoms with Gasteiger partial charge in [-0.25, -0.2) is 9.82 Å². The Morgan fingerprint density at radius 1 is 1.14 bits per heavy atom. The Labute approximate surface area is 127 Å². The Morgan fingerprint density at radius 3 is 2.24 bits per heavy atom. The molecule has 0 aliphatic heterocycles. The van der Waals surface area contributed by atoms with E-state index in [-0.39, 0.29) is 0 Å². The van der Waals surface area contributed by atoms with Gasteiger partial charge in [0.15, 0.2) is 0 Å². The lowest BCUT2D eigenvalue weighted by molar-refractivity contribution is 0.376. The lowest BCUT2D eigenvalue weighted by Crippen LogP contribution is -2.30. The quantitative estimate of drug-likeness (QED) is 0.658. The first-order valence-electron chi connectivity index (χ1n) is 6.24. The molecule has 0 aliphatic carbocycles. The number of nitrogens with one attached hydrogen (secondary N) is 1. The molecule has 0 saturated carbocycles. The van der Waals surface area contributed by atoms with Crippen molar-refractivity contribution in [1.29, 1.82) is 0 Å². The summed E-state index contributed by atoms with van der Waals surface area (Å²) in [5.41, 5.74) is 3.57. The second kappa shape index (κ2) is 6.76. The van der Waals surface area contributed by atoms with Gasteiger partial charge in [-0.3, -0.25) is 5.84 Å². The summed E-state index contributed by atoms with van der Waals surface area (Å²) in [5.74, 6) is 6.27. The molecule has 112 valence electrons. The van der Waals surface area contributed by atoms with Crippen LogP contribution >= 0.6 is 11.6 Å². The summed E-state index contributed by atoms with van der Waals surface area (Å²) >= 11 is 5.79. The van der Waals surface area contributed by atoms with Gasteiger partial charge < -0.3 is 9.47 Å². The molecule has 0 aliphatic rings. The highest BCUT2D eigenvalue weighted by Crippen LogP contribution is 2.38. The number of hydrazine groups is 1. The van der Waals surface area contributed by atoms with Crippen LogP contribution in [0.5, 0.6) is 11.5 Å². The van der Waals surface area contributed by atoms with E-state index in [1.54, 1.807) is 30.3 Å². The van der Waals surface area contributed by atoms with E-state index in [0.29, 0.717) is 27.6 Å². The van der Waals surface area contributed by atoms with Crippen molar-refractivity contribution in [3.05, 3.63) is 58.4 Å².